The third-order valence-corrected chi connectivity index (χ3v) is 2.77. The van der Waals surface area contributed by atoms with E-state index in [4.69, 9.17) is 0 Å². The molecule has 12 heavy (non-hydrogen) atoms. The average molecular weight is 171 g/mol. The van der Waals surface area contributed by atoms with Gasteiger partial charge in [0.25, 0.3) is 5.91 Å². The van der Waals surface area contributed by atoms with Crippen LogP contribution in [0.25, 0.3) is 0 Å². The molecule has 0 aromatic rings. The van der Waals surface area contributed by atoms with Crippen LogP contribution in [0.3, 0.4) is 0 Å². The van der Waals surface area contributed by atoms with E-state index in [1.54, 1.807) is 4.90 Å². The van der Waals surface area contributed by atoms with Crippen molar-refractivity contribution in [2.24, 2.45) is 11.8 Å². The number of hydrogen-bond acceptors (Lipinski definition) is 1. The van der Waals surface area contributed by atoms with E-state index in [0.29, 0.717) is 11.8 Å². The summed E-state index contributed by atoms with van der Waals surface area (Å²) in [6.07, 6.45) is 1.25. The Morgan fingerprint density at radius 3 is 2.33 bits per heavy atom. The Hall–Kier alpha value is -0.600. The third-order valence-electron chi connectivity index (χ3n) is 2.77. The van der Waals surface area contributed by atoms with Gasteiger partial charge in [0.15, 0.2) is 5.67 Å². The van der Waals surface area contributed by atoms with Crippen molar-refractivity contribution in [2.75, 3.05) is 13.1 Å². The molecule has 1 saturated heterocycles. The SMILES string of the molecule is CC(C)(F)C(=O)N1CC2CC2C1. The normalized spacial score (nSPS) is 33.4. The molecule has 1 aliphatic carbocycles. The van der Waals surface area contributed by atoms with Crippen molar-refractivity contribution in [3.63, 3.8) is 0 Å². The van der Waals surface area contributed by atoms with Crippen LogP contribution < -0.4 is 0 Å². The van der Waals surface area contributed by atoms with E-state index in [1.165, 1.54) is 20.3 Å². The average Bonchev–Trinajstić information content (AvgIpc) is 2.56. The van der Waals surface area contributed by atoms with Gasteiger partial charge < -0.3 is 4.90 Å². The highest BCUT2D eigenvalue weighted by molar-refractivity contribution is 5.84. The van der Waals surface area contributed by atoms with Crippen LogP contribution >= 0.6 is 0 Å². The van der Waals surface area contributed by atoms with Crippen molar-refractivity contribution in [2.45, 2.75) is 25.9 Å². The number of carbonyl (C=O) groups is 1. The summed E-state index contributed by atoms with van der Waals surface area (Å²) < 4.78 is 13.2. The van der Waals surface area contributed by atoms with Crippen LogP contribution in [0.2, 0.25) is 0 Å². The van der Waals surface area contributed by atoms with Crippen molar-refractivity contribution in [3.8, 4) is 0 Å². The highest BCUT2D eigenvalue weighted by atomic mass is 19.1. The first-order valence-corrected chi connectivity index (χ1v) is 4.47. The number of amides is 1. The van der Waals surface area contributed by atoms with E-state index in [2.05, 4.69) is 0 Å². The molecule has 1 aliphatic heterocycles. The van der Waals surface area contributed by atoms with E-state index in [-0.39, 0.29) is 5.91 Å². The number of rotatable bonds is 1. The van der Waals surface area contributed by atoms with Crippen molar-refractivity contribution in [1.29, 1.82) is 0 Å². The maximum absolute atomic E-state index is 13.2. The van der Waals surface area contributed by atoms with Crippen LogP contribution in [-0.2, 0) is 4.79 Å². The zero-order chi connectivity index (χ0) is 8.93. The summed E-state index contributed by atoms with van der Waals surface area (Å²) >= 11 is 0. The van der Waals surface area contributed by atoms with Gasteiger partial charge in [-0.2, -0.15) is 0 Å². The lowest BCUT2D eigenvalue weighted by atomic mass is 10.1. The quantitative estimate of drug-likeness (QED) is 0.580. The Morgan fingerprint density at radius 2 is 1.92 bits per heavy atom. The Balaban J connectivity index is 1.97. The van der Waals surface area contributed by atoms with Gasteiger partial charge in [-0.25, -0.2) is 4.39 Å². The van der Waals surface area contributed by atoms with Crippen LogP contribution in [0.15, 0.2) is 0 Å². The van der Waals surface area contributed by atoms with Crippen LogP contribution in [0.1, 0.15) is 20.3 Å². The maximum Gasteiger partial charge on any atom is 0.259 e. The zero-order valence-corrected chi connectivity index (χ0v) is 7.51. The highest BCUT2D eigenvalue weighted by Crippen LogP contribution is 2.45. The standard InChI is InChI=1S/C9H14FNO/c1-9(2,10)8(12)11-4-6-3-7(6)5-11/h6-7H,3-5H2,1-2H3. The molecular formula is C9H14FNO. The first-order valence-electron chi connectivity index (χ1n) is 4.47. The zero-order valence-electron chi connectivity index (χ0n) is 7.51. The van der Waals surface area contributed by atoms with Gasteiger partial charge in [0, 0.05) is 13.1 Å². The summed E-state index contributed by atoms with van der Waals surface area (Å²) in [5, 5.41) is 0. The van der Waals surface area contributed by atoms with E-state index in [9.17, 15) is 9.18 Å². The van der Waals surface area contributed by atoms with Gasteiger partial charge in [-0.15, -0.1) is 0 Å². The number of alkyl halides is 1. The molecule has 0 radical (unpaired) electrons. The fraction of sp³-hybridized carbons (Fsp3) is 0.889. The van der Waals surface area contributed by atoms with Gasteiger partial charge in [0.2, 0.25) is 0 Å². The minimum Gasteiger partial charge on any atom is -0.339 e. The van der Waals surface area contributed by atoms with Crippen LogP contribution in [0, 0.1) is 11.8 Å². The number of piperidine rings is 1. The lowest BCUT2D eigenvalue weighted by Gasteiger charge is -2.23. The molecular weight excluding hydrogens is 157 g/mol. The van der Waals surface area contributed by atoms with Crippen molar-refractivity contribution in [3.05, 3.63) is 0 Å². The Kier molecular flexibility index (Phi) is 1.48. The molecule has 0 spiro atoms. The predicted octanol–water partition coefficient (Wildman–Crippen LogP) is 1.21. The molecule has 2 unspecified atom stereocenters. The molecule has 2 aliphatic rings. The summed E-state index contributed by atoms with van der Waals surface area (Å²) in [7, 11) is 0. The first-order chi connectivity index (χ1) is 5.48. The lowest BCUT2D eigenvalue weighted by molar-refractivity contribution is -0.141. The number of hydrogen-bond donors (Lipinski definition) is 0. The molecule has 0 aromatic carbocycles. The van der Waals surface area contributed by atoms with Gasteiger partial charge in [-0.3, -0.25) is 4.79 Å². The van der Waals surface area contributed by atoms with E-state index in [1.807, 2.05) is 0 Å². The fourth-order valence-corrected chi connectivity index (χ4v) is 1.94. The molecule has 2 rings (SSSR count). The molecule has 1 heterocycles. The molecule has 2 nitrogen and oxygen atoms in total. The number of likely N-dealkylation sites (tertiary alicyclic amines) is 1. The van der Waals surface area contributed by atoms with Crippen molar-refractivity contribution < 1.29 is 9.18 Å². The van der Waals surface area contributed by atoms with Crippen LogP contribution in [0.4, 0.5) is 4.39 Å². The first kappa shape index (κ1) is 8.02. The molecule has 0 bridgehead atoms. The summed E-state index contributed by atoms with van der Waals surface area (Å²) in [5.74, 6) is 1.04. The van der Waals surface area contributed by atoms with Crippen LogP contribution in [-0.4, -0.2) is 29.6 Å². The van der Waals surface area contributed by atoms with Crippen LogP contribution in [0.5, 0.6) is 0 Å². The molecule has 68 valence electrons. The number of nitrogens with zero attached hydrogens (tertiary/aromatic N) is 1. The summed E-state index contributed by atoms with van der Waals surface area (Å²) in [5.41, 5.74) is -1.68. The van der Waals surface area contributed by atoms with Crippen molar-refractivity contribution in [1.82, 2.24) is 4.90 Å². The predicted molar refractivity (Wildman–Crippen MR) is 43.4 cm³/mol. The minimum atomic E-state index is -1.68. The highest BCUT2D eigenvalue weighted by Gasteiger charge is 2.48. The Labute approximate surface area is 71.7 Å². The second-order valence-electron chi connectivity index (χ2n) is 4.44. The van der Waals surface area contributed by atoms with Gasteiger partial charge >= 0.3 is 0 Å². The number of halogens is 1. The topological polar surface area (TPSA) is 20.3 Å². The Morgan fingerprint density at radius 1 is 1.42 bits per heavy atom. The largest absolute Gasteiger partial charge is 0.339 e. The summed E-state index contributed by atoms with van der Waals surface area (Å²) in [6, 6.07) is 0. The van der Waals surface area contributed by atoms with Gasteiger partial charge in [-0.05, 0) is 32.1 Å². The maximum atomic E-state index is 13.2. The molecule has 1 amide bonds. The van der Waals surface area contributed by atoms with Crippen molar-refractivity contribution >= 4 is 5.91 Å². The molecule has 2 fully saturated rings. The second kappa shape index (κ2) is 2.21. The smallest absolute Gasteiger partial charge is 0.259 e. The minimum absolute atomic E-state index is 0.338. The molecule has 2 atom stereocenters. The monoisotopic (exact) mass is 171 g/mol. The van der Waals surface area contributed by atoms with E-state index in [0.717, 1.165) is 13.1 Å². The van der Waals surface area contributed by atoms with E-state index >= 15 is 0 Å². The number of fused-ring (bicyclic) bond motifs is 1. The van der Waals surface area contributed by atoms with Gasteiger partial charge in [0.1, 0.15) is 0 Å². The number of carbonyl (C=O) groups excluding carboxylic acids is 1. The fourth-order valence-electron chi connectivity index (χ4n) is 1.94. The third kappa shape index (κ3) is 1.21. The van der Waals surface area contributed by atoms with Gasteiger partial charge in [0.05, 0.1) is 0 Å². The lowest BCUT2D eigenvalue weighted by Crippen LogP contribution is -2.42. The Bertz CT molecular complexity index is 211. The molecule has 0 aromatic heterocycles. The van der Waals surface area contributed by atoms with E-state index < -0.39 is 5.67 Å². The molecule has 3 heteroatoms. The molecule has 1 saturated carbocycles. The van der Waals surface area contributed by atoms with Gasteiger partial charge in [-0.1, -0.05) is 0 Å². The summed E-state index contributed by atoms with van der Waals surface area (Å²) in [4.78, 5) is 13.0. The second-order valence-corrected chi connectivity index (χ2v) is 4.44. The summed E-state index contributed by atoms with van der Waals surface area (Å²) in [6.45, 7) is 4.24. The molecule has 0 N–H and O–H groups in total.